The molecule has 0 atom stereocenters. The Balaban J connectivity index is 1.23. The monoisotopic (exact) mass is 448 g/mol. The molecule has 2 aromatic rings. The second kappa shape index (κ2) is 8.93. The summed E-state index contributed by atoms with van der Waals surface area (Å²) in [6.07, 6.45) is 8.44. The van der Waals surface area contributed by atoms with Gasteiger partial charge in [0.2, 0.25) is 5.91 Å². The van der Waals surface area contributed by atoms with Crippen LogP contribution in [0.5, 0.6) is 0 Å². The van der Waals surface area contributed by atoms with Crippen LogP contribution < -0.4 is 10.6 Å². The summed E-state index contributed by atoms with van der Waals surface area (Å²) in [5.74, 6) is 2.75. The van der Waals surface area contributed by atoms with Crippen molar-refractivity contribution in [1.29, 1.82) is 0 Å². The lowest BCUT2D eigenvalue weighted by Crippen LogP contribution is -2.60. The van der Waals surface area contributed by atoms with Crippen molar-refractivity contribution < 1.29 is 9.59 Å². The molecule has 4 bridgehead atoms. The van der Waals surface area contributed by atoms with E-state index in [0.29, 0.717) is 11.3 Å². The van der Waals surface area contributed by atoms with Crippen molar-refractivity contribution >= 4 is 29.3 Å². The summed E-state index contributed by atoms with van der Waals surface area (Å²) in [5.41, 5.74) is 2.61. The maximum Gasteiger partial charge on any atom is 0.256 e. The maximum absolute atomic E-state index is 13.0. The zero-order chi connectivity index (χ0) is 22.1. The largest absolute Gasteiger partial charge is 0.350 e. The fraction of sp³-hybridized carbons (Fsp3) is 0.481. The number of carbonyl (C=O) groups is 2. The first-order valence-electron chi connectivity index (χ1n) is 12.0. The molecular weight excluding hydrogens is 416 g/mol. The van der Waals surface area contributed by atoms with Gasteiger partial charge in [-0.05, 0) is 86.5 Å². The summed E-state index contributed by atoms with van der Waals surface area (Å²) in [7, 11) is 0. The highest BCUT2D eigenvalue weighted by molar-refractivity contribution is 8.00. The van der Waals surface area contributed by atoms with Crippen molar-refractivity contribution in [2.24, 2.45) is 17.8 Å². The predicted octanol–water partition coefficient (Wildman–Crippen LogP) is 5.68. The van der Waals surface area contributed by atoms with Gasteiger partial charge in [0.25, 0.3) is 5.91 Å². The summed E-state index contributed by atoms with van der Waals surface area (Å²) in [6.45, 7) is 2.08. The maximum atomic E-state index is 13.0. The molecule has 4 saturated carbocycles. The third-order valence-electron chi connectivity index (χ3n) is 7.58. The van der Waals surface area contributed by atoms with Gasteiger partial charge in [0.15, 0.2) is 0 Å². The quantitative estimate of drug-likeness (QED) is 0.536. The van der Waals surface area contributed by atoms with Crippen LogP contribution in [-0.4, -0.2) is 23.1 Å². The molecule has 2 amide bonds. The molecule has 0 saturated heterocycles. The van der Waals surface area contributed by atoms with Crippen LogP contribution in [0.15, 0.2) is 53.4 Å². The van der Waals surface area contributed by atoms with Gasteiger partial charge in [0.1, 0.15) is 0 Å². The van der Waals surface area contributed by atoms with Gasteiger partial charge in [-0.2, -0.15) is 0 Å². The minimum absolute atomic E-state index is 0.0349. The molecular formula is C27H32N2O2S. The predicted molar refractivity (Wildman–Crippen MR) is 130 cm³/mol. The number of benzene rings is 2. The zero-order valence-electron chi connectivity index (χ0n) is 18.7. The second-order valence-electron chi connectivity index (χ2n) is 10.00. The van der Waals surface area contributed by atoms with Crippen molar-refractivity contribution in [3.8, 4) is 0 Å². The molecule has 32 heavy (non-hydrogen) atoms. The molecule has 4 fully saturated rings. The highest BCUT2D eigenvalue weighted by atomic mass is 32.2. The van der Waals surface area contributed by atoms with Gasteiger partial charge in [-0.1, -0.05) is 37.3 Å². The molecule has 0 heterocycles. The number of para-hydroxylation sites is 1. The molecule has 4 nitrogen and oxygen atoms in total. The van der Waals surface area contributed by atoms with Crippen LogP contribution in [0, 0.1) is 17.8 Å². The molecule has 5 heteroatoms. The van der Waals surface area contributed by atoms with Gasteiger partial charge in [-0.15, -0.1) is 11.8 Å². The SMILES string of the molecule is CCc1ccccc1NC(=O)c1ccccc1SCC(=O)NC12CC3CC(CC(C3)C1)C2. The summed E-state index contributed by atoms with van der Waals surface area (Å²) in [5, 5.41) is 6.49. The minimum atomic E-state index is -0.129. The van der Waals surface area contributed by atoms with Gasteiger partial charge in [0.05, 0.1) is 11.3 Å². The van der Waals surface area contributed by atoms with Crippen LogP contribution in [0.1, 0.15) is 61.4 Å². The fourth-order valence-corrected chi connectivity index (χ4v) is 7.51. The zero-order valence-corrected chi connectivity index (χ0v) is 19.5. The van der Waals surface area contributed by atoms with Crippen LogP contribution >= 0.6 is 11.8 Å². The number of rotatable bonds is 7. The highest BCUT2D eigenvalue weighted by Gasteiger charge is 2.51. The van der Waals surface area contributed by atoms with Crippen LogP contribution in [0.4, 0.5) is 5.69 Å². The standard InChI is InChI=1S/C27H32N2O2S/c1-2-21-7-3-5-9-23(21)28-26(31)22-8-4-6-10-24(22)32-17-25(30)29-27-14-18-11-19(15-27)13-20(12-18)16-27/h3-10,18-20H,2,11-17H2,1H3,(H,28,31)(H,29,30). The molecule has 168 valence electrons. The number of aryl methyl sites for hydroxylation is 1. The molecule has 4 aliphatic rings. The van der Waals surface area contributed by atoms with Gasteiger partial charge in [0, 0.05) is 16.1 Å². The Morgan fingerprint density at radius 2 is 1.56 bits per heavy atom. The van der Waals surface area contributed by atoms with Gasteiger partial charge in [-0.3, -0.25) is 9.59 Å². The Labute approximate surface area is 194 Å². The topological polar surface area (TPSA) is 58.2 Å². The Kier molecular flexibility index (Phi) is 6.02. The minimum Gasteiger partial charge on any atom is -0.350 e. The number of carbonyl (C=O) groups excluding carboxylic acids is 2. The smallest absolute Gasteiger partial charge is 0.256 e. The third kappa shape index (κ3) is 4.45. The van der Waals surface area contributed by atoms with E-state index in [1.54, 1.807) is 0 Å². The van der Waals surface area contributed by atoms with Crippen LogP contribution in [0.2, 0.25) is 0 Å². The Morgan fingerprint density at radius 3 is 2.25 bits per heavy atom. The van der Waals surface area contributed by atoms with E-state index in [0.717, 1.165) is 59.6 Å². The summed E-state index contributed by atoms with van der Waals surface area (Å²) < 4.78 is 0. The number of nitrogens with one attached hydrogen (secondary N) is 2. The van der Waals surface area contributed by atoms with Crippen LogP contribution in [0.25, 0.3) is 0 Å². The molecule has 0 aliphatic heterocycles. The first-order chi connectivity index (χ1) is 15.5. The van der Waals surface area contributed by atoms with Gasteiger partial charge in [-0.25, -0.2) is 0 Å². The highest BCUT2D eigenvalue weighted by Crippen LogP contribution is 2.55. The lowest BCUT2D eigenvalue weighted by atomic mass is 9.53. The molecule has 4 aliphatic carbocycles. The van der Waals surface area contributed by atoms with E-state index in [1.807, 2.05) is 48.5 Å². The average molecular weight is 449 g/mol. The number of hydrogen-bond donors (Lipinski definition) is 2. The Bertz CT molecular complexity index is 983. The van der Waals surface area contributed by atoms with Crippen LogP contribution in [0.3, 0.4) is 0 Å². The first kappa shape index (κ1) is 21.6. The van der Waals surface area contributed by atoms with Crippen molar-refractivity contribution in [2.45, 2.75) is 62.3 Å². The summed E-state index contributed by atoms with van der Waals surface area (Å²) >= 11 is 1.46. The van der Waals surface area contributed by atoms with Crippen molar-refractivity contribution in [2.75, 3.05) is 11.1 Å². The lowest BCUT2D eigenvalue weighted by Gasteiger charge is -2.56. The Hall–Kier alpha value is -2.27. The van der Waals surface area contributed by atoms with Gasteiger partial charge >= 0.3 is 0 Å². The van der Waals surface area contributed by atoms with Crippen LogP contribution in [-0.2, 0) is 11.2 Å². The third-order valence-corrected chi connectivity index (χ3v) is 8.65. The van der Waals surface area contributed by atoms with Crippen molar-refractivity contribution in [3.05, 3.63) is 59.7 Å². The summed E-state index contributed by atoms with van der Waals surface area (Å²) in [6, 6.07) is 15.5. The number of hydrogen-bond acceptors (Lipinski definition) is 3. The molecule has 2 N–H and O–H groups in total. The number of thioether (sulfide) groups is 1. The van der Waals surface area contributed by atoms with Gasteiger partial charge < -0.3 is 10.6 Å². The van der Waals surface area contributed by atoms with E-state index in [1.165, 1.54) is 31.0 Å². The first-order valence-corrected chi connectivity index (χ1v) is 12.9. The van der Waals surface area contributed by atoms with E-state index >= 15 is 0 Å². The van der Waals surface area contributed by atoms with E-state index in [-0.39, 0.29) is 17.4 Å². The second-order valence-corrected chi connectivity index (χ2v) is 11.0. The molecule has 0 radical (unpaired) electrons. The van der Waals surface area contributed by atoms with E-state index in [2.05, 4.69) is 17.6 Å². The fourth-order valence-electron chi connectivity index (χ4n) is 6.66. The normalized spacial score (nSPS) is 27.8. The average Bonchev–Trinajstić information content (AvgIpc) is 2.77. The van der Waals surface area contributed by atoms with E-state index < -0.39 is 0 Å². The van der Waals surface area contributed by atoms with E-state index in [9.17, 15) is 9.59 Å². The van der Waals surface area contributed by atoms with Crippen molar-refractivity contribution in [3.63, 3.8) is 0 Å². The molecule has 6 rings (SSSR count). The van der Waals surface area contributed by atoms with Crippen molar-refractivity contribution in [1.82, 2.24) is 5.32 Å². The molecule has 0 aromatic heterocycles. The number of anilines is 1. The molecule has 0 spiro atoms. The Morgan fingerprint density at radius 1 is 0.938 bits per heavy atom. The number of amides is 2. The molecule has 0 unspecified atom stereocenters. The molecule has 2 aromatic carbocycles. The summed E-state index contributed by atoms with van der Waals surface area (Å²) in [4.78, 5) is 26.8. The van der Waals surface area contributed by atoms with E-state index in [4.69, 9.17) is 0 Å². The lowest BCUT2D eigenvalue weighted by molar-refractivity contribution is -0.124.